The van der Waals surface area contributed by atoms with E-state index < -0.39 is 0 Å². The Balaban J connectivity index is 2.02. The second-order valence-electron chi connectivity index (χ2n) is 4.83. The molecule has 0 aliphatic carbocycles. The summed E-state index contributed by atoms with van der Waals surface area (Å²) in [5.41, 5.74) is 3.10. The van der Waals surface area contributed by atoms with Gasteiger partial charge in [0.1, 0.15) is 0 Å². The summed E-state index contributed by atoms with van der Waals surface area (Å²) in [5.74, 6) is -0.0355. The Morgan fingerprint density at radius 1 is 1.30 bits per heavy atom. The average Bonchev–Trinajstić information content (AvgIpc) is 2.83. The van der Waals surface area contributed by atoms with Crippen LogP contribution in [0.25, 0.3) is 0 Å². The highest BCUT2D eigenvalue weighted by Crippen LogP contribution is 2.20. The zero-order valence-corrected chi connectivity index (χ0v) is 13.9. The summed E-state index contributed by atoms with van der Waals surface area (Å²) >= 11 is 4.88. The lowest BCUT2D eigenvalue weighted by molar-refractivity contribution is 0.0951. The second kappa shape index (κ2) is 7.02. The maximum atomic E-state index is 12.0. The highest BCUT2D eigenvalue weighted by atomic mass is 79.9. The van der Waals surface area contributed by atoms with Crippen molar-refractivity contribution in [2.24, 2.45) is 0 Å². The second-order valence-corrected chi connectivity index (χ2v) is 7.12. The van der Waals surface area contributed by atoms with Crippen molar-refractivity contribution in [1.29, 1.82) is 0 Å². The number of rotatable bonds is 5. The van der Waals surface area contributed by atoms with E-state index in [9.17, 15) is 4.79 Å². The van der Waals surface area contributed by atoms with E-state index in [0.717, 1.165) is 15.9 Å². The van der Waals surface area contributed by atoms with Crippen molar-refractivity contribution in [2.75, 3.05) is 14.1 Å². The molecule has 0 aliphatic heterocycles. The van der Waals surface area contributed by atoms with Gasteiger partial charge in [-0.2, -0.15) is 0 Å². The van der Waals surface area contributed by atoms with Crippen molar-refractivity contribution in [2.45, 2.75) is 13.1 Å². The molecule has 0 atom stereocenters. The highest BCUT2D eigenvalue weighted by Gasteiger charge is 2.09. The number of thiophene rings is 1. The van der Waals surface area contributed by atoms with Gasteiger partial charge in [0.2, 0.25) is 0 Å². The van der Waals surface area contributed by atoms with Crippen LogP contribution in [0.4, 0.5) is 0 Å². The molecule has 1 N–H and O–H groups in total. The minimum atomic E-state index is -0.0355. The van der Waals surface area contributed by atoms with Crippen LogP contribution in [0.2, 0.25) is 0 Å². The molecule has 0 spiro atoms. The van der Waals surface area contributed by atoms with Crippen molar-refractivity contribution in [3.63, 3.8) is 0 Å². The van der Waals surface area contributed by atoms with E-state index in [1.165, 1.54) is 16.9 Å². The third kappa shape index (κ3) is 4.16. The number of nitrogens with one attached hydrogen (secondary N) is 1. The Kier molecular flexibility index (Phi) is 5.34. The van der Waals surface area contributed by atoms with Crippen LogP contribution in [-0.4, -0.2) is 24.9 Å². The molecule has 3 nitrogen and oxygen atoms in total. The van der Waals surface area contributed by atoms with Gasteiger partial charge in [-0.05, 0) is 47.2 Å². The van der Waals surface area contributed by atoms with Gasteiger partial charge in [0.05, 0.1) is 9.35 Å². The number of carbonyl (C=O) groups excluding carboxylic acids is 1. The molecule has 0 bridgehead atoms. The van der Waals surface area contributed by atoms with E-state index in [1.54, 1.807) is 0 Å². The quantitative estimate of drug-likeness (QED) is 0.892. The average molecular weight is 353 g/mol. The van der Waals surface area contributed by atoms with Gasteiger partial charge in [-0.25, -0.2) is 0 Å². The molecule has 5 heteroatoms. The predicted octanol–water partition coefficient (Wildman–Crippen LogP) is 3.50. The molecule has 0 fully saturated rings. The summed E-state index contributed by atoms with van der Waals surface area (Å²) in [6.45, 7) is 1.42. The van der Waals surface area contributed by atoms with Gasteiger partial charge in [-0.1, -0.05) is 24.3 Å². The van der Waals surface area contributed by atoms with Gasteiger partial charge in [-0.3, -0.25) is 4.79 Å². The molecule has 1 heterocycles. The lowest BCUT2D eigenvalue weighted by Crippen LogP contribution is -2.23. The summed E-state index contributed by atoms with van der Waals surface area (Å²) in [4.78, 5) is 14.2. The predicted molar refractivity (Wildman–Crippen MR) is 87.0 cm³/mol. The Morgan fingerprint density at radius 2 is 2.00 bits per heavy atom. The maximum Gasteiger partial charge on any atom is 0.252 e. The normalized spacial score (nSPS) is 10.8. The first kappa shape index (κ1) is 15.2. The molecule has 2 aromatic rings. The molecule has 1 aromatic heterocycles. The minimum absolute atomic E-state index is 0.0355. The molecule has 0 saturated carbocycles. The largest absolute Gasteiger partial charge is 0.348 e. The van der Waals surface area contributed by atoms with E-state index in [4.69, 9.17) is 0 Å². The van der Waals surface area contributed by atoms with Crippen LogP contribution in [0, 0.1) is 0 Å². The van der Waals surface area contributed by atoms with Crippen LogP contribution in [0.1, 0.15) is 21.5 Å². The summed E-state index contributed by atoms with van der Waals surface area (Å²) < 4.78 is 0.968. The van der Waals surface area contributed by atoms with Crippen molar-refractivity contribution in [1.82, 2.24) is 10.2 Å². The Labute approximate surface area is 131 Å². The zero-order chi connectivity index (χ0) is 14.5. The number of hydrogen-bond acceptors (Lipinski definition) is 3. The number of nitrogens with zero attached hydrogens (tertiary/aromatic N) is 1. The zero-order valence-electron chi connectivity index (χ0n) is 11.5. The van der Waals surface area contributed by atoms with Crippen LogP contribution in [-0.2, 0) is 13.1 Å². The van der Waals surface area contributed by atoms with E-state index >= 15 is 0 Å². The first-order valence-corrected chi connectivity index (χ1v) is 7.97. The van der Waals surface area contributed by atoms with Gasteiger partial charge in [0.15, 0.2) is 0 Å². The fourth-order valence-corrected chi connectivity index (χ4v) is 3.07. The molecule has 0 radical (unpaired) electrons. The molecule has 1 amide bonds. The Morgan fingerprint density at radius 3 is 2.60 bits per heavy atom. The number of halogens is 1. The smallest absolute Gasteiger partial charge is 0.252 e. The van der Waals surface area contributed by atoms with E-state index in [0.29, 0.717) is 12.1 Å². The SMILES string of the molecule is CN(C)Cc1ccccc1CNC(=O)c1csc(Br)c1. The fourth-order valence-electron chi connectivity index (χ4n) is 1.93. The molecule has 1 aromatic carbocycles. The minimum Gasteiger partial charge on any atom is -0.348 e. The fraction of sp³-hybridized carbons (Fsp3) is 0.267. The first-order valence-electron chi connectivity index (χ1n) is 6.30. The summed E-state index contributed by atoms with van der Waals surface area (Å²) in [6, 6.07) is 10.0. The molecule has 20 heavy (non-hydrogen) atoms. The summed E-state index contributed by atoms with van der Waals surface area (Å²) in [5, 5.41) is 4.82. The molecule has 0 saturated heterocycles. The third-order valence-corrected chi connectivity index (χ3v) is 4.38. The van der Waals surface area contributed by atoms with Crippen LogP contribution in [0.5, 0.6) is 0 Å². The molecule has 0 unspecified atom stereocenters. The van der Waals surface area contributed by atoms with E-state index in [-0.39, 0.29) is 5.91 Å². The lowest BCUT2D eigenvalue weighted by Gasteiger charge is -2.14. The Bertz CT molecular complexity index is 595. The van der Waals surface area contributed by atoms with Gasteiger partial charge in [-0.15, -0.1) is 11.3 Å². The lowest BCUT2D eigenvalue weighted by atomic mass is 10.1. The van der Waals surface area contributed by atoms with Crippen LogP contribution in [0.3, 0.4) is 0 Å². The summed E-state index contributed by atoms with van der Waals surface area (Å²) in [6.07, 6.45) is 0. The van der Waals surface area contributed by atoms with Gasteiger partial charge >= 0.3 is 0 Å². The molecule has 106 valence electrons. The van der Waals surface area contributed by atoms with Gasteiger partial charge in [0.25, 0.3) is 5.91 Å². The molecule has 0 aliphatic rings. The topological polar surface area (TPSA) is 32.3 Å². The summed E-state index contributed by atoms with van der Waals surface area (Å²) in [7, 11) is 4.08. The van der Waals surface area contributed by atoms with E-state index in [1.807, 2.05) is 37.7 Å². The number of benzene rings is 1. The van der Waals surface area contributed by atoms with Crippen LogP contribution in [0.15, 0.2) is 39.5 Å². The van der Waals surface area contributed by atoms with Crippen LogP contribution >= 0.6 is 27.3 Å². The maximum absolute atomic E-state index is 12.0. The van der Waals surface area contributed by atoms with Crippen LogP contribution < -0.4 is 5.32 Å². The number of hydrogen-bond donors (Lipinski definition) is 1. The van der Waals surface area contributed by atoms with Gasteiger partial charge in [0, 0.05) is 18.5 Å². The molecular weight excluding hydrogens is 336 g/mol. The van der Waals surface area contributed by atoms with Gasteiger partial charge < -0.3 is 10.2 Å². The number of carbonyl (C=O) groups is 1. The van der Waals surface area contributed by atoms with E-state index in [2.05, 4.69) is 38.3 Å². The Hall–Kier alpha value is -1.17. The van der Waals surface area contributed by atoms with Crippen molar-refractivity contribution < 1.29 is 4.79 Å². The third-order valence-electron chi connectivity index (χ3n) is 2.87. The molecule has 2 rings (SSSR count). The molecular formula is C15H17BrN2OS. The van der Waals surface area contributed by atoms with Crippen molar-refractivity contribution in [3.05, 3.63) is 56.2 Å². The first-order chi connectivity index (χ1) is 9.56. The van der Waals surface area contributed by atoms with Crippen molar-refractivity contribution in [3.8, 4) is 0 Å². The standard InChI is InChI=1S/C15H17BrN2OS/c1-18(2)9-12-6-4-3-5-11(12)8-17-15(19)13-7-14(16)20-10-13/h3-7,10H,8-9H2,1-2H3,(H,17,19). The highest BCUT2D eigenvalue weighted by molar-refractivity contribution is 9.11. The van der Waals surface area contributed by atoms with Crippen molar-refractivity contribution >= 4 is 33.2 Å². The number of amides is 1. The monoisotopic (exact) mass is 352 g/mol.